The van der Waals surface area contributed by atoms with Crippen LogP contribution < -0.4 is 0 Å². The monoisotopic (exact) mass is 237 g/mol. The molecule has 0 saturated carbocycles. The van der Waals surface area contributed by atoms with Crippen molar-refractivity contribution >= 4 is 25.8 Å². The first-order valence-corrected chi connectivity index (χ1v) is 6.58. The molecule has 0 aromatic heterocycles. The van der Waals surface area contributed by atoms with Crippen molar-refractivity contribution in [3.05, 3.63) is 0 Å². The van der Waals surface area contributed by atoms with E-state index in [4.69, 9.17) is 4.52 Å². The Kier molecular flexibility index (Phi) is 7.84. The average Bonchev–Trinajstić information content (AvgIpc) is 2.01. The molecule has 0 rings (SSSR count). The van der Waals surface area contributed by atoms with E-state index in [9.17, 15) is 4.79 Å². The van der Waals surface area contributed by atoms with Crippen LogP contribution in [0.5, 0.6) is 0 Å². The molecule has 0 spiro atoms. The fourth-order valence-electron chi connectivity index (χ4n) is 1.02. The van der Waals surface area contributed by atoms with Gasteiger partial charge in [-0.1, -0.05) is 11.8 Å². The number of rotatable bonds is 6. The van der Waals surface area contributed by atoms with Crippen LogP contribution in [0.15, 0.2) is 0 Å². The third-order valence-corrected chi connectivity index (χ3v) is 3.97. The smallest absolute Gasteiger partial charge is 0.188 e. The van der Waals surface area contributed by atoms with Gasteiger partial charge >= 0.3 is 0 Å². The molecule has 0 radical (unpaired) electrons. The maximum absolute atomic E-state index is 10.6. The predicted octanol–water partition coefficient (Wildman–Crippen LogP) is 2.87. The summed E-state index contributed by atoms with van der Waals surface area (Å²) in [5.41, 5.74) is 0. The molecular weight excluding hydrogens is 217 g/mol. The van der Waals surface area contributed by atoms with Crippen LogP contribution in [0.3, 0.4) is 0 Å². The zero-order chi connectivity index (χ0) is 11.1. The summed E-state index contributed by atoms with van der Waals surface area (Å²) < 4.78 is 7.69. The molecule has 0 bridgehead atoms. The van der Waals surface area contributed by atoms with Gasteiger partial charge in [0, 0.05) is 19.0 Å². The molecule has 1 unspecified atom stereocenters. The number of carbonyl (C=O) groups is 1. The van der Waals surface area contributed by atoms with Crippen LogP contribution in [0, 0.1) is 0 Å². The Balaban J connectivity index is 3.67. The van der Waals surface area contributed by atoms with Crippen molar-refractivity contribution in [1.82, 2.24) is 4.67 Å². The largest absolute Gasteiger partial charge is 0.335 e. The number of hydrogen-bond acceptors (Lipinski definition) is 4. The van der Waals surface area contributed by atoms with Crippen molar-refractivity contribution in [1.29, 1.82) is 0 Å². The van der Waals surface area contributed by atoms with E-state index in [0.29, 0.717) is 27.0 Å². The highest BCUT2D eigenvalue weighted by molar-refractivity contribution is 8.13. The van der Waals surface area contributed by atoms with Gasteiger partial charge in [-0.2, -0.15) is 0 Å². The molecule has 0 saturated heterocycles. The van der Waals surface area contributed by atoms with Gasteiger partial charge in [-0.3, -0.25) is 9.46 Å². The highest BCUT2D eigenvalue weighted by atomic mass is 32.2. The minimum absolute atomic E-state index is 0.107. The summed E-state index contributed by atoms with van der Waals surface area (Å²) in [5, 5.41) is 0.107. The lowest BCUT2D eigenvalue weighted by molar-refractivity contribution is -0.109. The molecule has 0 aromatic carbocycles. The van der Waals surface area contributed by atoms with E-state index in [2.05, 4.69) is 32.4 Å². The lowest BCUT2D eigenvalue weighted by atomic mass is 10.3. The van der Waals surface area contributed by atoms with Crippen molar-refractivity contribution in [3.8, 4) is 0 Å². The van der Waals surface area contributed by atoms with Gasteiger partial charge in [0.05, 0.1) is 8.96 Å². The van der Waals surface area contributed by atoms with Gasteiger partial charge in [-0.15, -0.1) is 0 Å². The van der Waals surface area contributed by atoms with Crippen LogP contribution >= 0.6 is 20.7 Å². The minimum atomic E-state index is 0.107. The molecule has 1 atom stereocenters. The zero-order valence-electron chi connectivity index (χ0n) is 9.53. The molecule has 0 heterocycles. The van der Waals surface area contributed by atoms with Crippen LogP contribution in [0.4, 0.5) is 0 Å². The van der Waals surface area contributed by atoms with Crippen LogP contribution in [0.25, 0.3) is 0 Å². The lowest BCUT2D eigenvalue weighted by Gasteiger charge is -2.29. The molecule has 0 aliphatic rings. The van der Waals surface area contributed by atoms with Gasteiger partial charge in [-0.25, -0.2) is 0 Å². The van der Waals surface area contributed by atoms with Crippen LogP contribution in [-0.4, -0.2) is 27.8 Å². The van der Waals surface area contributed by atoms with Crippen molar-refractivity contribution in [3.63, 3.8) is 0 Å². The number of nitrogens with zero attached hydrogens (tertiary/aromatic N) is 1. The standard InChI is InChI=1S/C9H20NO2PS/c1-7(2)10(8(3)4)13-12-6-14-9(5)11/h7-8,13H,6H2,1-5H3. The topological polar surface area (TPSA) is 29.5 Å². The molecule has 5 heteroatoms. The Morgan fingerprint density at radius 1 is 1.36 bits per heavy atom. The summed E-state index contributed by atoms with van der Waals surface area (Å²) in [4.78, 5) is 10.6. The highest BCUT2D eigenvalue weighted by Gasteiger charge is 2.13. The third-order valence-electron chi connectivity index (χ3n) is 1.60. The molecule has 84 valence electrons. The number of carbonyl (C=O) groups excluding carboxylic acids is 1. The first-order chi connectivity index (χ1) is 6.45. The van der Waals surface area contributed by atoms with E-state index in [1.807, 2.05) is 0 Å². The average molecular weight is 237 g/mol. The molecule has 14 heavy (non-hydrogen) atoms. The summed E-state index contributed by atoms with van der Waals surface area (Å²) in [6.07, 6.45) is 0. The van der Waals surface area contributed by atoms with Crippen molar-refractivity contribution in [2.75, 3.05) is 5.94 Å². The van der Waals surface area contributed by atoms with Gasteiger partial charge in [0.15, 0.2) is 5.12 Å². The van der Waals surface area contributed by atoms with Gasteiger partial charge in [0.25, 0.3) is 0 Å². The van der Waals surface area contributed by atoms with Crippen LogP contribution in [-0.2, 0) is 9.32 Å². The molecule has 0 fully saturated rings. The first-order valence-electron chi connectivity index (χ1n) is 4.74. The Hall–Kier alpha value is 0.370. The van der Waals surface area contributed by atoms with Gasteiger partial charge in [-0.05, 0) is 27.7 Å². The van der Waals surface area contributed by atoms with Crippen molar-refractivity contribution in [2.24, 2.45) is 0 Å². The Bertz CT molecular complexity index is 168. The number of thioether (sulfide) groups is 1. The normalized spacial score (nSPS) is 12.6. The number of hydrogen-bond donors (Lipinski definition) is 0. The van der Waals surface area contributed by atoms with E-state index in [1.54, 1.807) is 6.92 Å². The fraction of sp³-hybridized carbons (Fsp3) is 0.889. The SMILES string of the molecule is CC(=O)SCOPN(C(C)C)C(C)C. The first kappa shape index (κ1) is 14.4. The molecule has 3 nitrogen and oxygen atoms in total. The van der Waals surface area contributed by atoms with Gasteiger partial charge in [0.1, 0.15) is 5.94 Å². The predicted molar refractivity (Wildman–Crippen MR) is 64.7 cm³/mol. The van der Waals surface area contributed by atoms with Gasteiger partial charge in [0.2, 0.25) is 0 Å². The molecule has 0 aliphatic heterocycles. The summed E-state index contributed by atoms with van der Waals surface area (Å²) in [6, 6.07) is 0.964. The Morgan fingerprint density at radius 3 is 2.21 bits per heavy atom. The molecular formula is C9H20NO2PS. The fourth-order valence-corrected chi connectivity index (χ4v) is 2.20. The van der Waals surface area contributed by atoms with Crippen LogP contribution in [0.2, 0.25) is 0 Å². The second-order valence-electron chi connectivity index (χ2n) is 3.58. The van der Waals surface area contributed by atoms with E-state index in [-0.39, 0.29) is 5.12 Å². The second kappa shape index (κ2) is 7.63. The maximum Gasteiger partial charge on any atom is 0.188 e. The summed E-state index contributed by atoms with van der Waals surface area (Å²) >= 11 is 1.22. The maximum atomic E-state index is 10.6. The summed E-state index contributed by atoms with van der Waals surface area (Å²) in [6.45, 7) is 10.1. The van der Waals surface area contributed by atoms with Gasteiger partial charge < -0.3 is 4.52 Å². The molecule has 0 aromatic rings. The highest BCUT2D eigenvalue weighted by Crippen LogP contribution is 2.26. The minimum Gasteiger partial charge on any atom is -0.335 e. The van der Waals surface area contributed by atoms with E-state index in [0.717, 1.165) is 0 Å². The zero-order valence-corrected chi connectivity index (χ0v) is 11.4. The summed E-state index contributed by atoms with van der Waals surface area (Å²) in [7, 11) is 0.344. The summed E-state index contributed by atoms with van der Waals surface area (Å²) in [5.74, 6) is 0.462. The van der Waals surface area contributed by atoms with E-state index < -0.39 is 0 Å². The van der Waals surface area contributed by atoms with Crippen LogP contribution in [0.1, 0.15) is 34.6 Å². The third kappa shape index (κ3) is 6.77. The Labute approximate surface area is 92.9 Å². The molecule has 0 amide bonds. The molecule has 0 aliphatic carbocycles. The van der Waals surface area contributed by atoms with Crippen molar-refractivity contribution < 1.29 is 9.32 Å². The second-order valence-corrected chi connectivity index (χ2v) is 5.67. The molecule has 0 N–H and O–H groups in total. The Morgan fingerprint density at radius 2 is 1.86 bits per heavy atom. The lowest BCUT2D eigenvalue weighted by Crippen LogP contribution is -2.29. The van der Waals surface area contributed by atoms with Crippen molar-refractivity contribution in [2.45, 2.75) is 46.7 Å². The van der Waals surface area contributed by atoms with E-state index in [1.165, 1.54) is 11.8 Å². The quantitative estimate of drug-likeness (QED) is 0.403. The van der Waals surface area contributed by atoms with E-state index >= 15 is 0 Å².